The fraction of sp³-hybridized carbons (Fsp3) is 0.250. The lowest BCUT2D eigenvalue weighted by molar-refractivity contribution is 0.585. The molecule has 98 valence electrons. The van der Waals surface area contributed by atoms with Gasteiger partial charge in [-0.15, -0.1) is 0 Å². The molecule has 0 unspecified atom stereocenters. The van der Waals surface area contributed by atoms with Gasteiger partial charge in [0.1, 0.15) is 0 Å². The van der Waals surface area contributed by atoms with Crippen LogP contribution < -0.4 is 15.9 Å². The summed E-state index contributed by atoms with van der Waals surface area (Å²) in [5.74, 6) is 0.0994. The molecule has 1 aliphatic rings. The van der Waals surface area contributed by atoms with Crippen molar-refractivity contribution in [2.75, 3.05) is 0 Å². The Morgan fingerprint density at radius 3 is 1.79 bits per heavy atom. The topological polar surface area (TPSA) is 39.0 Å². The first kappa shape index (κ1) is 12.7. The molecule has 0 bridgehead atoms. The van der Waals surface area contributed by atoms with Crippen molar-refractivity contribution in [2.45, 2.75) is 25.2 Å². The Bertz CT molecular complexity index is 553. The summed E-state index contributed by atoms with van der Waals surface area (Å²) in [6.07, 6.45) is 1.02. The van der Waals surface area contributed by atoms with Gasteiger partial charge in [0.15, 0.2) is 7.14 Å². The average molecular weight is 271 g/mol. The van der Waals surface area contributed by atoms with Gasteiger partial charge in [0.25, 0.3) is 0 Å². The molecule has 0 amide bonds. The molecule has 2 aromatic rings. The van der Waals surface area contributed by atoms with Gasteiger partial charge < -0.3 is 9.88 Å². The molecule has 0 aliphatic carbocycles. The second kappa shape index (κ2) is 4.96. The summed E-state index contributed by atoms with van der Waals surface area (Å²) in [7, 11) is -2.57. The molecule has 1 aliphatic heterocycles. The van der Waals surface area contributed by atoms with Gasteiger partial charge in [-0.1, -0.05) is 67.6 Å². The highest BCUT2D eigenvalue weighted by atomic mass is 31.2. The average Bonchev–Trinajstić information content (AvgIpc) is 3.28. The maximum Gasteiger partial charge on any atom is 0.160 e. The maximum atomic E-state index is 13.7. The van der Waals surface area contributed by atoms with Gasteiger partial charge in [0, 0.05) is 16.7 Å². The molecule has 2 aromatic carbocycles. The van der Waals surface area contributed by atoms with E-state index in [1.807, 2.05) is 60.7 Å². The molecule has 19 heavy (non-hydrogen) atoms. The second-order valence-electron chi connectivity index (χ2n) is 4.96. The van der Waals surface area contributed by atoms with E-state index in [4.69, 9.17) is 0 Å². The smallest absolute Gasteiger partial charge is 0.160 e. The molecule has 1 saturated heterocycles. The predicted octanol–water partition coefficient (Wildman–Crippen LogP) is 2.71. The summed E-state index contributed by atoms with van der Waals surface area (Å²) in [6, 6.07) is 20.1. The van der Waals surface area contributed by atoms with Crippen molar-refractivity contribution in [3.05, 3.63) is 60.7 Å². The SMILES string of the molecule is CC[C@@H]1N[C@@H]1P(=O)(c1ccccc1)c1ccccc1. The van der Waals surface area contributed by atoms with Crippen molar-refractivity contribution in [3.8, 4) is 0 Å². The molecule has 2 atom stereocenters. The van der Waals surface area contributed by atoms with Crippen molar-refractivity contribution < 1.29 is 4.57 Å². The first-order valence-corrected chi connectivity index (χ1v) is 8.51. The fourth-order valence-electron chi connectivity index (χ4n) is 2.63. The molecule has 1 N–H and O–H groups in total. The van der Waals surface area contributed by atoms with Crippen LogP contribution in [0.3, 0.4) is 0 Å². The number of hydrogen-bond donors (Lipinski definition) is 1. The lowest BCUT2D eigenvalue weighted by atomic mass is 10.4. The highest BCUT2D eigenvalue weighted by Gasteiger charge is 2.50. The molecule has 1 heterocycles. The monoisotopic (exact) mass is 271 g/mol. The van der Waals surface area contributed by atoms with E-state index in [1.165, 1.54) is 0 Å². The summed E-state index contributed by atoms with van der Waals surface area (Å²) in [5.41, 5.74) is 0. The van der Waals surface area contributed by atoms with Crippen molar-refractivity contribution in [1.82, 2.24) is 5.32 Å². The number of hydrogen-bond acceptors (Lipinski definition) is 2. The van der Waals surface area contributed by atoms with Crippen LogP contribution in [0.2, 0.25) is 0 Å². The standard InChI is InChI=1S/C16H18NOP/c1-2-15-16(17-15)19(18,13-9-5-3-6-10-13)14-11-7-4-8-12-14/h3-12,15-17H,2H2,1H3/t15-,16+/m0/s1. The summed E-state index contributed by atoms with van der Waals surface area (Å²) in [4.78, 5) is 0. The highest BCUT2D eigenvalue weighted by molar-refractivity contribution is 7.79. The van der Waals surface area contributed by atoms with Crippen LogP contribution in [0.5, 0.6) is 0 Å². The molecule has 0 radical (unpaired) electrons. The van der Waals surface area contributed by atoms with Crippen LogP contribution in [-0.2, 0) is 4.57 Å². The minimum absolute atomic E-state index is 0.0994. The zero-order valence-corrected chi connectivity index (χ0v) is 11.9. The minimum Gasteiger partial charge on any atom is -0.312 e. The molecule has 1 fully saturated rings. The van der Waals surface area contributed by atoms with Gasteiger partial charge in [0.2, 0.25) is 0 Å². The normalized spacial score (nSPS) is 22.2. The number of benzene rings is 2. The lowest BCUT2D eigenvalue weighted by Gasteiger charge is -2.18. The molecular formula is C16H18NOP. The third-order valence-electron chi connectivity index (χ3n) is 3.77. The Morgan fingerprint density at radius 1 is 0.947 bits per heavy atom. The molecule has 3 rings (SSSR count). The van der Waals surface area contributed by atoms with Crippen LogP contribution >= 0.6 is 7.14 Å². The Balaban J connectivity index is 2.10. The van der Waals surface area contributed by atoms with Gasteiger partial charge >= 0.3 is 0 Å². The van der Waals surface area contributed by atoms with Crippen molar-refractivity contribution in [2.24, 2.45) is 0 Å². The zero-order chi connectivity index (χ0) is 13.3. The fourth-order valence-corrected chi connectivity index (χ4v) is 5.92. The quantitative estimate of drug-likeness (QED) is 0.686. The number of rotatable bonds is 4. The molecule has 0 saturated carbocycles. The van der Waals surface area contributed by atoms with E-state index < -0.39 is 7.14 Å². The van der Waals surface area contributed by atoms with Crippen LogP contribution in [0.4, 0.5) is 0 Å². The Labute approximate surface area is 114 Å². The van der Waals surface area contributed by atoms with Gasteiger partial charge in [-0.3, -0.25) is 0 Å². The second-order valence-corrected chi connectivity index (χ2v) is 7.86. The van der Waals surface area contributed by atoms with Gasteiger partial charge in [-0.05, 0) is 6.42 Å². The van der Waals surface area contributed by atoms with E-state index in [2.05, 4.69) is 12.2 Å². The van der Waals surface area contributed by atoms with E-state index >= 15 is 0 Å². The molecular weight excluding hydrogens is 253 g/mol. The largest absolute Gasteiger partial charge is 0.312 e. The van der Waals surface area contributed by atoms with E-state index in [0.717, 1.165) is 17.0 Å². The third kappa shape index (κ3) is 2.16. The van der Waals surface area contributed by atoms with Crippen LogP contribution in [-0.4, -0.2) is 11.8 Å². The zero-order valence-electron chi connectivity index (χ0n) is 11.0. The van der Waals surface area contributed by atoms with Crippen molar-refractivity contribution in [3.63, 3.8) is 0 Å². The Hall–Kier alpha value is -1.37. The van der Waals surface area contributed by atoms with Gasteiger partial charge in [-0.25, -0.2) is 0 Å². The van der Waals surface area contributed by atoms with Crippen LogP contribution in [0, 0.1) is 0 Å². The van der Waals surface area contributed by atoms with Crippen molar-refractivity contribution in [1.29, 1.82) is 0 Å². The first-order chi connectivity index (χ1) is 9.26. The van der Waals surface area contributed by atoms with Gasteiger partial charge in [-0.2, -0.15) is 0 Å². The predicted molar refractivity (Wildman–Crippen MR) is 80.8 cm³/mol. The van der Waals surface area contributed by atoms with E-state index in [9.17, 15) is 4.57 Å². The summed E-state index contributed by atoms with van der Waals surface area (Å²) >= 11 is 0. The van der Waals surface area contributed by atoms with Crippen molar-refractivity contribution >= 4 is 17.8 Å². The van der Waals surface area contributed by atoms with E-state index in [-0.39, 0.29) is 5.78 Å². The highest BCUT2D eigenvalue weighted by Crippen LogP contribution is 2.54. The molecule has 3 heteroatoms. The Kier molecular flexibility index (Phi) is 3.30. The van der Waals surface area contributed by atoms with E-state index in [0.29, 0.717) is 6.04 Å². The van der Waals surface area contributed by atoms with Gasteiger partial charge in [0.05, 0.1) is 5.78 Å². The Morgan fingerprint density at radius 2 is 1.42 bits per heavy atom. The van der Waals surface area contributed by atoms with Crippen LogP contribution in [0.25, 0.3) is 0 Å². The third-order valence-corrected chi connectivity index (χ3v) is 7.19. The summed E-state index contributed by atoms with van der Waals surface area (Å²) < 4.78 is 13.7. The first-order valence-electron chi connectivity index (χ1n) is 6.74. The minimum atomic E-state index is -2.57. The van der Waals surface area contributed by atoms with E-state index in [1.54, 1.807) is 0 Å². The van der Waals surface area contributed by atoms with Crippen LogP contribution in [0.1, 0.15) is 13.3 Å². The van der Waals surface area contributed by atoms with Crippen LogP contribution in [0.15, 0.2) is 60.7 Å². The maximum absolute atomic E-state index is 13.7. The number of nitrogens with one attached hydrogen (secondary N) is 1. The molecule has 2 nitrogen and oxygen atoms in total. The molecule has 0 aromatic heterocycles. The molecule has 0 spiro atoms. The lowest BCUT2D eigenvalue weighted by Crippen LogP contribution is -2.21. The summed E-state index contributed by atoms with van der Waals surface area (Å²) in [6.45, 7) is 2.14. The summed E-state index contributed by atoms with van der Waals surface area (Å²) in [5, 5.41) is 5.30.